The molecule has 4 heteroatoms. The summed E-state index contributed by atoms with van der Waals surface area (Å²) >= 11 is 0. The van der Waals surface area contributed by atoms with E-state index in [1.54, 1.807) is 0 Å². The number of fused-ring (bicyclic) bond motifs is 1. The topological polar surface area (TPSA) is 49.4 Å². The summed E-state index contributed by atoms with van der Waals surface area (Å²) in [4.78, 5) is 26.4. The third-order valence-corrected chi connectivity index (χ3v) is 5.00. The molecule has 0 saturated carbocycles. The summed E-state index contributed by atoms with van der Waals surface area (Å²) in [6.45, 7) is 0.501. The lowest BCUT2D eigenvalue weighted by Crippen LogP contribution is -2.52. The van der Waals surface area contributed by atoms with Gasteiger partial charge in [0.25, 0.3) is 0 Å². The van der Waals surface area contributed by atoms with Crippen molar-refractivity contribution in [3.05, 3.63) is 71.3 Å². The number of rotatable bonds is 3. The summed E-state index contributed by atoms with van der Waals surface area (Å²) in [5.41, 5.74) is 3.66. The van der Waals surface area contributed by atoms with Crippen molar-refractivity contribution in [2.75, 3.05) is 6.54 Å². The summed E-state index contributed by atoms with van der Waals surface area (Å²) in [5, 5.41) is 2.97. The number of nitrogens with zero attached hydrogens (tertiary/aromatic N) is 1. The highest BCUT2D eigenvalue weighted by molar-refractivity contribution is 5.97. The summed E-state index contributed by atoms with van der Waals surface area (Å²) in [7, 11) is 0. The van der Waals surface area contributed by atoms with Crippen molar-refractivity contribution in [2.24, 2.45) is 5.92 Å². The standard InChI is InChI=1S/C20H20N2O2/c23-19-12-18(15-6-2-1-3-7-15)21-20(24)22(19)13-14-10-16-8-4-5-9-17(16)11-14/h1-9,14,18H,10-13H2,(H,21,24). The minimum Gasteiger partial charge on any atom is -0.330 e. The summed E-state index contributed by atoms with van der Waals surface area (Å²) in [6.07, 6.45) is 2.21. The quantitative estimate of drug-likeness (QED) is 0.945. The van der Waals surface area contributed by atoms with Crippen LogP contribution in [-0.4, -0.2) is 23.4 Å². The van der Waals surface area contributed by atoms with E-state index in [-0.39, 0.29) is 18.0 Å². The average molecular weight is 320 g/mol. The number of hydrogen-bond donors (Lipinski definition) is 1. The molecule has 2 aliphatic rings. The van der Waals surface area contributed by atoms with Gasteiger partial charge in [0.2, 0.25) is 5.91 Å². The van der Waals surface area contributed by atoms with E-state index >= 15 is 0 Å². The average Bonchev–Trinajstić information content (AvgIpc) is 3.01. The van der Waals surface area contributed by atoms with Crippen LogP contribution in [-0.2, 0) is 17.6 Å². The summed E-state index contributed by atoms with van der Waals surface area (Å²) < 4.78 is 0. The highest BCUT2D eigenvalue weighted by atomic mass is 16.2. The van der Waals surface area contributed by atoms with Crippen LogP contribution in [0, 0.1) is 5.92 Å². The van der Waals surface area contributed by atoms with Crippen LogP contribution in [0.4, 0.5) is 4.79 Å². The van der Waals surface area contributed by atoms with E-state index in [4.69, 9.17) is 0 Å². The molecule has 1 fully saturated rings. The molecule has 1 aliphatic heterocycles. The number of imide groups is 1. The molecule has 2 aromatic carbocycles. The molecule has 1 atom stereocenters. The second kappa shape index (κ2) is 6.11. The van der Waals surface area contributed by atoms with Gasteiger partial charge in [0.05, 0.1) is 12.5 Å². The Hall–Kier alpha value is -2.62. The Kier molecular flexibility index (Phi) is 3.81. The van der Waals surface area contributed by atoms with Crippen molar-refractivity contribution < 1.29 is 9.59 Å². The van der Waals surface area contributed by atoms with Gasteiger partial charge in [-0.3, -0.25) is 9.69 Å². The fourth-order valence-electron chi connectivity index (χ4n) is 3.78. The van der Waals surface area contributed by atoms with Gasteiger partial charge in [0.15, 0.2) is 0 Å². The maximum absolute atomic E-state index is 12.5. The Morgan fingerprint density at radius 1 is 0.875 bits per heavy atom. The fourth-order valence-corrected chi connectivity index (χ4v) is 3.78. The van der Waals surface area contributed by atoms with Crippen molar-refractivity contribution in [2.45, 2.75) is 25.3 Å². The molecule has 1 heterocycles. The number of benzene rings is 2. The number of hydrogen-bond acceptors (Lipinski definition) is 2. The van der Waals surface area contributed by atoms with Gasteiger partial charge in [0.1, 0.15) is 0 Å². The van der Waals surface area contributed by atoms with Gasteiger partial charge in [-0.05, 0) is 35.4 Å². The molecule has 0 spiro atoms. The maximum Gasteiger partial charge on any atom is 0.324 e. The zero-order chi connectivity index (χ0) is 16.5. The van der Waals surface area contributed by atoms with Crippen LogP contribution in [0.3, 0.4) is 0 Å². The van der Waals surface area contributed by atoms with E-state index in [0.29, 0.717) is 18.9 Å². The number of carbonyl (C=O) groups is 2. The Balaban J connectivity index is 1.43. The first-order chi connectivity index (χ1) is 11.7. The molecule has 4 rings (SSSR count). The van der Waals surface area contributed by atoms with Gasteiger partial charge in [0, 0.05) is 6.54 Å². The third kappa shape index (κ3) is 2.80. The van der Waals surface area contributed by atoms with Crippen LogP contribution in [0.25, 0.3) is 0 Å². The lowest BCUT2D eigenvalue weighted by Gasteiger charge is -2.33. The van der Waals surface area contributed by atoms with Crippen LogP contribution in [0.1, 0.15) is 29.2 Å². The van der Waals surface area contributed by atoms with Gasteiger partial charge in [-0.15, -0.1) is 0 Å². The van der Waals surface area contributed by atoms with E-state index in [1.807, 2.05) is 42.5 Å². The molecule has 1 unspecified atom stereocenters. The SMILES string of the molecule is O=C1CC(c2ccccc2)NC(=O)N1CC1Cc2ccccc2C1. The minimum atomic E-state index is -0.268. The molecule has 0 aromatic heterocycles. The monoisotopic (exact) mass is 320 g/mol. The van der Waals surface area contributed by atoms with Crippen molar-refractivity contribution in [1.29, 1.82) is 0 Å². The van der Waals surface area contributed by atoms with Crippen molar-refractivity contribution in [3.63, 3.8) is 0 Å². The number of nitrogens with one attached hydrogen (secondary N) is 1. The normalized spacial score (nSPS) is 20.8. The van der Waals surface area contributed by atoms with Crippen LogP contribution < -0.4 is 5.32 Å². The zero-order valence-electron chi connectivity index (χ0n) is 13.4. The van der Waals surface area contributed by atoms with E-state index in [9.17, 15) is 9.59 Å². The summed E-state index contributed by atoms with van der Waals surface area (Å²) in [5.74, 6) is 0.244. The molecular formula is C20H20N2O2. The van der Waals surface area contributed by atoms with Crippen LogP contribution in [0.15, 0.2) is 54.6 Å². The van der Waals surface area contributed by atoms with Crippen LogP contribution >= 0.6 is 0 Å². The molecule has 3 amide bonds. The Morgan fingerprint density at radius 3 is 2.12 bits per heavy atom. The van der Waals surface area contributed by atoms with Gasteiger partial charge in [-0.1, -0.05) is 54.6 Å². The smallest absolute Gasteiger partial charge is 0.324 e. The molecule has 1 aliphatic carbocycles. The first-order valence-corrected chi connectivity index (χ1v) is 8.43. The molecule has 24 heavy (non-hydrogen) atoms. The van der Waals surface area contributed by atoms with Gasteiger partial charge in [-0.2, -0.15) is 0 Å². The zero-order valence-corrected chi connectivity index (χ0v) is 13.4. The number of amides is 3. The molecule has 122 valence electrons. The number of urea groups is 1. The maximum atomic E-state index is 12.5. The van der Waals surface area contributed by atoms with Crippen molar-refractivity contribution >= 4 is 11.9 Å². The molecule has 0 radical (unpaired) electrons. The van der Waals surface area contributed by atoms with Crippen LogP contribution in [0.2, 0.25) is 0 Å². The third-order valence-electron chi connectivity index (χ3n) is 5.00. The van der Waals surface area contributed by atoms with Gasteiger partial charge >= 0.3 is 6.03 Å². The molecule has 2 aromatic rings. The first-order valence-electron chi connectivity index (χ1n) is 8.43. The Labute approximate surface area is 141 Å². The van der Waals surface area contributed by atoms with E-state index in [2.05, 4.69) is 17.4 Å². The highest BCUT2D eigenvalue weighted by Gasteiger charge is 2.35. The van der Waals surface area contributed by atoms with E-state index in [0.717, 1.165) is 18.4 Å². The van der Waals surface area contributed by atoms with Crippen LogP contribution in [0.5, 0.6) is 0 Å². The lowest BCUT2D eigenvalue weighted by molar-refractivity contribution is -0.130. The molecule has 0 bridgehead atoms. The molecule has 1 saturated heterocycles. The molecule has 1 N–H and O–H groups in total. The second-order valence-corrected chi connectivity index (χ2v) is 6.66. The molecular weight excluding hydrogens is 300 g/mol. The Bertz CT molecular complexity index is 729. The highest BCUT2D eigenvalue weighted by Crippen LogP contribution is 2.29. The minimum absolute atomic E-state index is 0.0800. The van der Waals surface area contributed by atoms with E-state index < -0.39 is 0 Å². The molecule has 4 nitrogen and oxygen atoms in total. The van der Waals surface area contributed by atoms with Crippen molar-refractivity contribution in [3.8, 4) is 0 Å². The first kappa shape index (κ1) is 14.9. The number of carbonyl (C=O) groups excluding carboxylic acids is 2. The fraction of sp³-hybridized carbons (Fsp3) is 0.300. The largest absolute Gasteiger partial charge is 0.330 e. The van der Waals surface area contributed by atoms with E-state index in [1.165, 1.54) is 16.0 Å². The van der Waals surface area contributed by atoms with Crippen molar-refractivity contribution in [1.82, 2.24) is 10.2 Å². The van der Waals surface area contributed by atoms with Gasteiger partial charge in [-0.25, -0.2) is 4.79 Å². The predicted molar refractivity (Wildman–Crippen MR) is 91.4 cm³/mol. The van der Waals surface area contributed by atoms with Gasteiger partial charge < -0.3 is 5.32 Å². The summed E-state index contributed by atoms with van der Waals surface area (Å²) in [6, 6.07) is 17.6. The Morgan fingerprint density at radius 2 is 1.50 bits per heavy atom. The lowest BCUT2D eigenvalue weighted by atomic mass is 10.00. The second-order valence-electron chi connectivity index (χ2n) is 6.66. The predicted octanol–water partition coefficient (Wildman–Crippen LogP) is 3.08.